The predicted octanol–water partition coefficient (Wildman–Crippen LogP) is 3.63. The highest BCUT2D eigenvalue weighted by molar-refractivity contribution is 6.30. The van der Waals surface area contributed by atoms with Gasteiger partial charge in [-0.05, 0) is 43.8 Å². The molecule has 0 unspecified atom stereocenters. The third-order valence-electron chi connectivity index (χ3n) is 5.88. The molecule has 5 rings (SSSR count). The highest BCUT2D eigenvalue weighted by Crippen LogP contribution is 2.28. The van der Waals surface area contributed by atoms with Crippen molar-refractivity contribution in [3.8, 4) is 16.9 Å². The van der Waals surface area contributed by atoms with E-state index in [1.807, 2.05) is 12.1 Å². The smallest absolute Gasteiger partial charge is 0.273 e. The van der Waals surface area contributed by atoms with Crippen LogP contribution >= 0.6 is 11.6 Å². The fourth-order valence-corrected chi connectivity index (χ4v) is 4.36. The Kier molecular flexibility index (Phi) is 5.19. The van der Waals surface area contributed by atoms with Crippen molar-refractivity contribution in [1.29, 1.82) is 0 Å². The predicted molar refractivity (Wildman–Crippen MR) is 124 cm³/mol. The summed E-state index contributed by atoms with van der Waals surface area (Å²) in [6.07, 6.45) is 0. The summed E-state index contributed by atoms with van der Waals surface area (Å²) in [6, 6.07) is 12.3. The van der Waals surface area contributed by atoms with E-state index in [-0.39, 0.29) is 10.7 Å². The first kappa shape index (κ1) is 20.7. The van der Waals surface area contributed by atoms with Crippen molar-refractivity contribution in [3.05, 3.63) is 69.2 Å². The molecule has 0 radical (unpaired) electrons. The number of nitrogens with zero attached hydrogens (tertiary/aromatic N) is 5. The van der Waals surface area contributed by atoms with Crippen molar-refractivity contribution in [1.82, 2.24) is 24.9 Å². The van der Waals surface area contributed by atoms with Crippen LogP contribution in [0.25, 0.3) is 28.0 Å². The number of anilines is 1. The molecule has 0 aliphatic carbocycles. The standard InChI is InChI=1S/C23H22ClFN6O/c1-14-11-16(24)12-18(25)23(14)31-20(32)13-19-22(28-31)21(27-26-19)15-3-5-17(6-4-15)30-9-7-29(2)8-10-30/h3-6,11-13,26H,7-10H2,1-2H3. The summed E-state index contributed by atoms with van der Waals surface area (Å²) < 4.78 is 15.7. The molecule has 1 N–H and O–H groups in total. The first-order valence-electron chi connectivity index (χ1n) is 10.4. The van der Waals surface area contributed by atoms with Gasteiger partial charge in [0.1, 0.15) is 16.9 Å². The Balaban J connectivity index is 1.55. The summed E-state index contributed by atoms with van der Waals surface area (Å²) in [5.41, 5.74) is 3.75. The minimum atomic E-state index is -0.606. The Morgan fingerprint density at radius 2 is 1.78 bits per heavy atom. The van der Waals surface area contributed by atoms with E-state index in [0.29, 0.717) is 22.3 Å². The van der Waals surface area contributed by atoms with Gasteiger partial charge in [-0.15, -0.1) is 0 Å². The van der Waals surface area contributed by atoms with Gasteiger partial charge in [-0.2, -0.15) is 14.9 Å². The van der Waals surface area contributed by atoms with Crippen LogP contribution in [-0.2, 0) is 0 Å². The van der Waals surface area contributed by atoms with Crippen LogP contribution in [0.2, 0.25) is 5.02 Å². The average molecular weight is 453 g/mol. The zero-order valence-electron chi connectivity index (χ0n) is 17.8. The van der Waals surface area contributed by atoms with Gasteiger partial charge in [-0.3, -0.25) is 9.89 Å². The summed E-state index contributed by atoms with van der Waals surface area (Å²) in [4.78, 5) is 17.3. The number of benzene rings is 2. The highest BCUT2D eigenvalue weighted by atomic mass is 35.5. The van der Waals surface area contributed by atoms with Crippen LogP contribution in [0.1, 0.15) is 5.56 Å². The van der Waals surface area contributed by atoms with Gasteiger partial charge in [0.25, 0.3) is 5.56 Å². The van der Waals surface area contributed by atoms with Crippen molar-refractivity contribution < 1.29 is 4.39 Å². The SMILES string of the molecule is Cc1cc(Cl)cc(F)c1-n1nc2c(-c3ccc(N4CCN(C)CC4)cc3)n[nH]c2cc1=O. The number of aromatic amines is 1. The molecule has 164 valence electrons. The van der Waals surface area contributed by atoms with Gasteiger partial charge in [0, 0.05) is 48.5 Å². The number of piperazine rings is 1. The first-order chi connectivity index (χ1) is 15.4. The van der Waals surface area contributed by atoms with Gasteiger partial charge in [0.15, 0.2) is 5.82 Å². The second-order valence-electron chi connectivity index (χ2n) is 8.12. The van der Waals surface area contributed by atoms with Crippen LogP contribution in [0.3, 0.4) is 0 Å². The van der Waals surface area contributed by atoms with E-state index < -0.39 is 11.4 Å². The average Bonchev–Trinajstić information content (AvgIpc) is 3.16. The van der Waals surface area contributed by atoms with Gasteiger partial charge in [0.2, 0.25) is 0 Å². The number of aryl methyl sites for hydroxylation is 1. The van der Waals surface area contributed by atoms with E-state index >= 15 is 0 Å². The third kappa shape index (κ3) is 3.65. The number of hydrogen-bond acceptors (Lipinski definition) is 5. The lowest BCUT2D eigenvalue weighted by Gasteiger charge is -2.34. The second-order valence-corrected chi connectivity index (χ2v) is 8.56. The monoisotopic (exact) mass is 452 g/mol. The van der Waals surface area contributed by atoms with E-state index in [2.05, 4.69) is 44.3 Å². The molecule has 9 heteroatoms. The summed E-state index contributed by atoms with van der Waals surface area (Å²) >= 11 is 5.94. The van der Waals surface area contributed by atoms with E-state index in [4.69, 9.17) is 11.6 Å². The number of nitrogens with one attached hydrogen (secondary N) is 1. The molecule has 1 aliphatic rings. The molecule has 4 aromatic rings. The minimum Gasteiger partial charge on any atom is -0.369 e. The van der Waals surface area contributed by atoms with Gasteiger partial charge in [0.05, 0.1) is 5.52 Å². The minimum absolute atomic E-state index is 0.0823. The molecule has 0 spiro atoms. The number of halogens is 2. The number of aromatic nitrogens is 4. The molecule has 7 nitrogen and oxygen atoms in total. The number of H-pyrrole nitrogens is 1. The molecule has 3 heterocycles. The molecule has 2 aromatic carbocycles. The fraction of sp³-hybridized carbons (Fsp3) is 0.261. The summed E-state index contributed by atoms with van der Waals surface area (Å²) in [7, 11) is 2.13. The zero-order valence-corrected chi connectivity index (χ0v) is 18.5. The molecule has 0 saturated carbocycles. The van der Waals surface area contributed by atoms with Crippen molar-refractivity contribution in [2.75, 3.05) is 38.1 Å². The van der Waals surface area contributed by atoms with Crippen LogP contribution in [-0.4, -0.2) is 58.1 Å². The summed E-state index contributed by atoms with van der Waals surface area (Å²) in [5.74, 6) is -0.606. The normalized spacial score (nSPS) is 14.9. The van der Waals surface area contributed by atoms with E-state index in [1.54, 1.807) is 13.0 Å². The molecule has 2 aromatic heterocycles. The highest BCUT2D eigenvalue weighted by Gasteiger charge is 2.18. The molecule has 1 saturated heterocycles. The zero-order chi connectivity index (χ0) is 22.4. The van der Waals surface area contributed by atoms with Crippen molar-refractivity contribution in [2.24, 2.45) is 0 Å². The molecule has 32 heavy (non-hydrogen) atoms. The second kappa shape index (κ2) is 8.03. The number of likely N-dealkylation sites (N-methyl/N-ethyl adjacent to an activating group) is 1. The fourth-order valence-electron chi connectivity index (χ4n) is 4.10. The lowest BCUT2D eigenvalue weighted by molar-refractivity contribution is 0.313. The van der Waals surface area contributed by atoms with Crippen LogP contribution < -0.4 is 10.5 Å². The molecule has 0 atom stereocenters. The molecule has 1 fully saturated rings. The summed E-state index contributed by atoms with van der Waals surface area (Å²) in [6.45, 7) is 5.74. The Bertz CT molecular complexity index is 1330. The van der Waals surface area contributed by atoms with E-state index in [0.717, 1.165) is 42.1 Å². The maximum absolute atomic E-state index is 14.7. The first-order valence-corrected chi connectivity index (χ1v) is 10.8. The van der Waals surface area contributed by atoms with Gasteiger partial charge in [-0.25, -0.2) is 4.39 Å². The Labute approximate surface area is 189 Å². The van der Waals surface area contributed by atoms with Crippen molar-refractivity contribution in [2.45, 2.75) is 6.92 Å². The molecule has 1 aliphatic heterocycles. The molecular weight excluding hydrogens is 431 g/mol. The lowest BCUT2D eigenvalue weighted by Crippen LogP contribution is -2.44. The van der Waals surface area contributed by atoms with E-state index in [9.17, 15) is 9.18 Å². The number of fused-ring (bicyclic) bond motifs is 1. The maximum Gasteiger partial charge on any atom is 0.273 e. The number of hydrogen-bond donors (Lipinski definition) is 1. The largest absolute Gasteiger partial charge is 0.369 e. The van der Waals surface area contributed by atoms with Crippen LogP contribution in [0.4, 0.5) is 10.1 Å². The van der Waals surface area contributed by atoms with Crippen LogP contribution in [0.5, 0.6) is 0 Å². The van der Waals surface area contributed by atoms with Crippen LogP contribution in [0, 0.1) is 12.7 Å². The molecule has 0 amide bonds. The van der Waals surface area contributed by atoms with Gasteiger partial charge >= 0.3 is 0 Å². The molecular formula is C23H22ClFN6O. The Morgan fingerprint density at radius 1 is 1.06 bits per heavy atom. The maximum atomic E-state index is 14.7. The Morgan fingerprint density at radius 3 is 2.47 bits per heavy atom. The topological polar surface area (TPSA) is 70.1 Å². The van der Waals surface area contributed by atoms with E-state index in [1.165, 1.54) is 12.1 Å². The van der Waals surface area contributed by atoms with Gasteiger partial charge in [-0.1, -0.05) is 23.7 Å². The number of rotatable bonds is 3. The third-order valence-corrected chi connectivity index (χ3v) is 6.10. The van der Waals surface area contributed by atoms with Gasteiger partial charge < -0.3 is 9.80 Å². The molecule has 0 bridgehead atoms. The van der Waals surface area contributed by atoms with Crippen molar-refractivity contribution in [3.63, 3.8) is 0 Å². The quantitative estimate of drug-likeness (QED) is 0.514. The Hall–Kier alpha value is -3.23. The van der Waals surface area contributed by atoms with Crippen molar-refractivity contribution >= 4 is 28.3 Å². The lowest BCUT2D eigenvalue weighted by atomic mass is 10.1. The summed E-state index contributed by atoms with van der Waals surface area (Å²) in [5, 5.41) is 12.0. The van der Waals surface area contributed by atoms with Crippen LogP contribution in [0.15, 0.2) is 47.3 Å².